The van der Waals surface area contributed by atoms with E-state index in [1.54, 1.807) is 25.4 Å². The van der Waals surface area contributed by atoms with Gasteiger partial charge in [0.2, 0.25) is 5.56 Å². The van der Waals surface area contributed by atoms with Gasteiger partial charge in [0.1, 0.15) is 5.69 Å². The average molecular weight is 283 g/mol. The summed E-state index contributed by atoms with van der Waals surface area (Å²) in [6, 6.07) is 6.78. The summed E-state index contributed by atoms with van der Waals surface area (Å²) < 4.78 is 1.43. The third kappa shape index (κ3) is 2.86. The quantitative estimate of drug-likeness (QED) is 0.915. The third-order valence-electron chi connectivity index (χ3n) is 3.75. The topological polar surface area (TPSA) is 64.0 Å². The highest BCUT2D eigenvalue weighted by molar-refractivity contribution is 6.02. The number of nitrogens with one attached hydrogen (secondary N) is 1. The number of carbonyl (C=O) groups is 1. The van der Waals surface area contributed by atoms with Gasteiger partial charge < -0.3 is 9.88 Å². The van der Waals surface area contributed by atoms with Gasteiger partial charge in [-0.05, 0) is 43.4 Å². The van der Waals surface area contributed by atoms with Crippen LogP contribution in [-0.4, -0.2) is 15.5 Å². The molecule has 1 aliphatic carbocycles. The first-order chi connectivity index (χ1) is 10.1. The molecule has 0 saturated carbocycles. The highest BCUT2D eigenvalue weighted by atomic mass is 16.2. The van der Waals surface area contributed by atoms with E-state index in [1.165, 1.54) is 22.6 Å². The summed E-state index contributed by atoms with van der Waals surface area (Å²) in [4.78, 5) is 28.0. The largest absolute Gasteiger partial charge is 0.319 e. The molecule has 2 aromatic rings. The summed E-state index contributed by atoms with van der Waals surface area (Å²) in [5, 5.41) is 2.77. The molecule has 0 aliphatic heterocycles. The molecule has 0 radical (unpaired) electrons. The Morgan fingerprint density at radius 3 is 2.81 bits per heavy atom. The minimum absolute atomic E-state index is 0.111. The van der Waals surface area contributed by atoms with Crippen LogP contribution in [0.5, 0.6) is 0 Å². The molecular weight excluding hydrogens is 266 g/mol. The maximum absolute atomic E-state index is 12.2. The fraction of sp³-hybridized carbons (Fsp3) is 0.312. The molecule has 5 nitrogen and oxygen atoms in total. The molecule has 0 atom stereocenters. The fourth-order valence-electron chi connectivity index (χ4n) is 2.57. The number of aromatic nitrogens is 2. The van der Waals surface area contributed by atoms with Crippen molar-refractivity contribution in [2.75, 3.05) is 5.32 Å². The zero-order valence-electron chi connectivity index (χ0n) is 11.9. The third-order valence-corrected chi connectivity index (χ3v) is 3.75. The Morgan fingerprint density at radius 2 is 2.00 bits per heavy atom. The predicted molar refractivity (Wildman–Crippen MR) is 80.5 cm³/mol. The molecule has 1 N–H and O–H groups in total. The van der Waals surface area contributed by atoms with Gasteiger partial charge in [0.05, 0.1) is 5.69 Å². The lowest BCUT2D eigenvalue weighted by Crippen LogP contribution is -2.19. The van der Waals surface area contributed by atoms with Gasteiger partial charge in [0.15, 0.2) is 0 Å². The van der Waals surface area contributed by atoms with Crippen molar-refractivity contribution in [2.45, 2.75) is 25.7 Å². The van der Waals surface area contributed by atoms with E-state index in [-0.39, 0.29) is 11.5 Å². The van der Waals surface area contributed by atoms with Crippen molar-refractivity contribution in [3.63, 3.8) is 0 Å². The second-order valence-electron chi connectivity index (χ2n) is 5.33. The van der Waals surface area contributed by atoms with Crippen molar-refractivity contribution in [3.05, 3.63) is 57.8 Å². The molecular formula is C16H17N3O2. The van der Waals surface area contributed by atoms with Crippen molar-refractivity contribution >= 4 is 11.6 Å². The van der Waals surface area contributed by atoms with E-state index in [4.69, 9.17) is 0 Å². The number of rotatable bonds is 2. The van der Waals surface area contributed by atoms with Crippen LogP contribution < -0.4 is 10.9 Å². The maximum Gasteiger partial charge on any atom is 0.274 e. The number of hydrogen-bond donors (Lipinski definition) is 1. The lowest BCUT2D eigenvalue weighted by atomic mass is 9.96. The summed E-state index contributed by atoms with van der Waals surface area (Å²) in [6.45, 7) is 0. The first-order valence-corrected chi connectivity index (χ1v) is 7.10. The molecule has 0 saturated heterocycles. The van der Waals surface area contributed by atoms with E-state index in [9.17, 15) is 9.59 Å². The van der Waals surface area contributed by atoms with E-state index in [0.717, 1.165) is 25.0 Å². The highest BCUT2D eigenvalue weighted by Gasteiger charge is 2.14. The molecule has 0 fully saturated rings. The molecule has 21 heavy (non-hydrogen) atoms. The average Bonchev–Trinajstić information content (AvgIpc) is 2.50. The van der Waals surface area contributed by atoms with Gasteiger partial charge in [-0.3, -0.25) is 9.59 Å². The highest BCUT2D eigenvalue weighted by Crippen LogP contribution is 2.19. The van der Waals surface area contributed by atoms with Crippen molar-refractivity contribution in [1.82, 2.24) is 9.55 Å². The van der Waals surface area contributed by atoms with E-state index >= 15 is 0 Å². The van der Waals surface area contributed by atoms with Crippen molar-refractivity contribution in [3.8, 4) is 0 Å². The van der Waals surface area contributed by atoms with Crippen LogP contribution in [0.4, 0.5) is 5.69 Å². The zero-order valence-corrected chi connectivity index (χ0v) is 11.9. The van der Waals surface area contributed by atoms with E-state index in [0.29, 0.717) is 11.4 Å². The number of anilines is 1. The van der Waals surface area contributed by atoms with Gasteiger partial charge in [-0.2, -0.15) is 0 Å². The van der Waals surface area contributed by atoms with Crippen molar-refractivity contribution in [1.29, 1.82) is 0 Å². The molecule has 0 aromatic carbocycles. The number of amides is 1. The second-order valence-corrected chi connectivity index (χ2v) is 5.33. The van der Waals surface area contributed by atoms with Gasteiger partial charge >= 0.3 is 0 Å². The van der Waals surface area contributed by atoms with E-state index in [2.05, 4.69) is 10.3 Å². The summed E-state index contributed by atoms with van der Waals surface area (Å²) in [5.41, 5.74) is 3.18. The molecule has 0 unspecified atom stereocenters. The molecule has 5 heteroatoms. The first-order valence-electron chi connectivity index (χ1n) is 7.10. The summed E-state index contributed by atoms with van der Waals surface area (Å²) in [5.74, 6) is -0.248. The number of fused-ring (bicyclic) bond motifs is 1. The van der Waals surface area contributed by atoms with Crippen LogP contribution in [0.2, 0.25) is 0 Å². The maximum atomic E-state index is 12.2. The van der Waals surface area contributed by atoms with Crippen LogP contribution in [0.1, 0.15) is 34.6 Å². The Balaban J connectivity index is 1.81. The molecule has 1 aliphatic rings. The monoisotopic (exact) mass is 283 g/mol. The summed E-state index contributed by atoms with van der Waals surface area (Å²) in [7, 11) is 1.65. The minimum atomic E-state index is -0.248. The Kier molecular flexibility index (Phi) is 3.56. The molecule has 108 valence electrons. The molecule has 3 rings (SSSR count). The zero-order chi connectivity index (χ0) is 14.8. The number of nitrogens with zero attached hydrogens (tertiary/aromatic N) is 2. The number of hydrogen-bond acceptors (Lipinski definition) is 3. The van der Waals surface area contributed by atoms with Crippen LogP contribution in [0.3, 0.4) is 0 Å². The van der Waals surface area contributed by atoms with Gasteiger partial charge in [0, 0.05) is 25.0 Å². The SMILES string of the molecule is Cn1cc(NC(=O)c2ccc3c(n2)CCCC3)ccc1=O. The van der Waals surface area contributed by atoms with Gasteiger partial charge in [-0.15, -0.1) is 0 Å². The molecule has 1 amide bonds. The fourth-order valence-corrected chi connectivity index (χ4v) is 2.57. The summed E-state index contributed by atoms with van der Waals surface area (Å²) >= 11 is 0. The number of pyridine rings is 2. The van der Waals surface area contributed by atoms with Gasteiger partial charge in [-0.25, -0.2) is 4.98 Å². The minimum Gasteiger partial charge on any atom is -0.319 e. The standard InChI is InChI=1S/C16H17N3O2/c1-19-10-12(7-9-15(19)20)17-16(21)14-8-6-11-4-2-3-5-13(11)18-14/h6-10H,2-5H2,1H3,(H,17,21). The number of aryl methyl sites for hydroxylation is 3. The predicted octanol–water partition coefficient (Wildman–Crippen LogP) is 1.91. The number of carbonyl (C=O) groups excluding carboxylic acids is 1. The van der Waals surface area contributed by atoms with E-state index in [1.807, 2.05) is 6.07 Å². The molecule has 0 spiro atoms. The molecule has 0 bridgehead atoms. The van der Waals surface area contributed by atoms with Crippen LogP contribution in [-0.2, 0) is 19.9 Å². The van der Waals surface area contributed by atoms with Crippen LogP contribution in [0, 0.1) is 0 Å². The Labute approximate surface area is 122 Å². The summed E-state index contributed by atoms with van der Waals surface area (Å²) in [6.07, 6.45) is 5.91. The Bertz CT molecular complexity index is 749. The lowest BCUT2D eigenvalue weighted by molar-refractivity contribution is 0.102. The second kappa shape index (κ2) is 5.52. The smallest absolute Gasteiger partial charge is 0.274 e. The van der Waals surface area contributed by atoms with Crippen LogP contribution >= 0.6 is 0 Å². The van der Waals surface area contributed by atoms with Gasteiger partial charge in [-0.1, -0.05) is 6.07 Å². The van der Waals surface area contributed by atoms with Crippen molar-refractivity contribution < 1.29 is 4.79 Å². The van der Waals surface area contributed by atoms with Crippen molar-refractivity contribution in [2.24, 2.45) is 7.05 Å². The van der Waals surface area contributed by atoms with Crippen LogP contribution in [0.15, 0.2) is 35.3 Å². The van der Waals surface area contributed by atoms with Crippen LogP contribution in [0.25, 0.3) is 0 Å². The van der Waals surface area contributed by atoms with Gasteiger partial charge in [0.25, 0.3) is 5.91 Å². The Hall–Kier alpha value is -2.43. The molecule has 2 heterocycles. The Morgan fingerprint density at radius 1 is 1.19 bits per heavy atom. The molecule has 2 aromatic heterocycles. The lowest BCUT2D eigenvalue weighted by Gasteiger charge is -2.15. The first kappa shape index (κ1) is 13.5. The normalized spacial score (nSPS) is 13.6. The van der Waals surface area contributed by atoms with E-state index < -0.39 is 0 Å².